The first-order chi connectivity index (χ1) is 11.2. The zero-order valence-electron chi connectivity index (χ0n) is 13.6. The van der Waals surface area contributed by atoms with Crippen LogP contribution in [0.2, 0.25) is 0 Å². The summed E-state index contributed by atoms with van der Waals surface area (Å²) in [7, 11) is 1.49. The fraction of sp³-hybridized carbons (Fsp3) is 0.350. The van der Waals surface area contributed by atoms with Crippen molar-refractivity contribution < 1.29 is 9.53 Å². The number of rotatable bonds is 4. The normalized spacial score (nSPS) is 17.6. The summed E-state index contributed by atoms with van der Waals surface area (Å²) in [5, 5.41) is 0. The summed E-state index contributed by atoms with van der Waals surface area (Å²) in [5.74, 6) is -0.108. The third-order valence-corrected chi connectivity index (χ3v) is 4.86. The van der Waals surface area contributed by atoms with Crippen molar-refractivity contribution in [3.05, 3.63) is 71.8 Å². The van der Waals surface area contributed by atoms with Crippen molar-refractivity contribution in [1.82, 2.24) is 4.90 Å². The number of hydrogen-bond donors (Lipinski definition) is 0. The number of likely N-dealkylation sites (tertiary alicyclic amines) is 1. The molecule has 0 amide bonds. The average Bonchev–Trinajstić information content (AvgIpc) is 2.63. The maximum atomic E-state index is 12.5. The molecule has 0 unspecified atom stereocenters. The summed E-state index contributed by atoms with van der Waals surface area (Å²) >= 11 is 0. The second-order valence-electron chi connectivity index (χ2n) is 6.20. The first-order valence-corrected chi connectivity index (χ1v) is 8.15. The van der Waals surface area contributed by atoms with Crippen molar-refractivity contribution >= 4 is 5.97 Å². The van der Waals surface area contributed by atoms with Gasteiger partial charge in [-0.25, -0.2) is 0 Å². The van der Waals surface area contributed by atoms with Gasteiger partial charge in [-0.1, -0.05) is 60.7 Å². The highest BCUT2D eigenvalue weighted by molar-refractivity contribution is 5.83. The molecule has 1 aliphatic rings. The summed E-state index contributed by atoms with van der Waals surface area (Å²) in [6.45, 7) is 2.74. The minimum absolute atomic E-state index is 0.108. The molecule has 0 saturated carbocycles. The molecule has 1 heterocycles. The molecule has 3 heteroatoms. The highest BCUT2D eigenvalue weighted by atomic mass is 16.5. The lowest BCUT2D eigenvalue weighted by Gasteiger charge is -2.40. The quantitative estimate of drug-likeness (QED) is 0.811. The van der Waals surface area contributed by atoms with Crippen LogP contribution in [0.3, 0.4) is 0 Å². The van der Waals surface area contributed by atoms with Gasteiger partial charge in [0.2, 0.25) is 0 Å². The van der Waals surface area contributed by atoms with Crippen LogP contribution in [0.4, 0.5) is 0 Å². The molecule has 1 aliphatic heterocycles. The number of ether oxygens (including phenoxy) is 1. The second-order valence-corrected chi connectivity index (χ2v) is 6.20. The van der Waals surface area contributed by atoms with Gasteiger partial charge in [0.15, 0.2) is 0 Å². The minimum atomic E-state index is -0.497. The van der Waals surface area contributed by atoms with E-state index in [1.165, 1.54) is 12.7 Å². The standard InChI is InChI=1S/C20H23NO2/c1-23-19(22)20(18-10-6-3-7-11-18)12-14-21(15-13-20)16-17-8-4-2-5-9-17/h2-11H,12-16H2,1H3. The molecule has 0 N–H and O–H groups in total. The molecular formula is C20H23NO2. The molecule has 120 valence electrons. The monoisotopic (exact) mass is 309 g/mol. The van der Waals surface area contributed by atoms with E-state index in [9.17, 15) is 4.79 Å². The maximum absolute atomic E-state index is 12.5. The Kier molecular flexibility index (Phi) is 4.77. The largest absolute Gasteiger partial charge is 0.468 e. The molecule has 0 bridgehead atoms. The summed E-state index contributed by atoms with van der Waals surface area (Å²) in [5.41, 5.74) is 1.90. The zero-order valence-corrected chi connectivity index (χ0v) is 13.6. The van der Waals surface area contributed by atoms with E-state index in [1.807, 2.05) is 36.4 Å². The smallest absolute Gasteiger partial charge is 0.316 e. The molecule has 1 fully saturated rings. The number of benzene rings is 2. The van der Waals surface area contributed by atoms with E-state index in [2.05, 4.69) is 29.2 Å². The van der Waals surface area contributed by atoms with Crippen molar-refractivity contribution in [1.29, 1.82) is 0 Å². The van der Waals surface area contributed by atoms with E-state index < -0.39 is 5.41 Å². The molecule has 0 atom stereocenters. The van der Waals surface area contributed by atoms with E-state index in [0.717, 1.165) is 38.0 Å². The summed E-state index contributed by atoms with van der Waals surface area (Å²) in [6.07, 6.45) is 1.60. The van der Waals surface area contributed by atoms with E-state index in [1.54, 1.807) is 0 Å². The summed E-state index contributed by atoms with van der Waals surface area (Å²) < 4.78 is 5.14. The van der Waals surface area contributed by atoms with Gasteiger partial charge >= 0.3 is 5.97 Å². The number of methoxy groups -OCH3 is 1. The lowest BCUT2D eigenvalue weighted by atomic mass is 9.72. The number of piperidine rings is 1. The lowest BCUT2D eigenvalue weighted by molar-refractivity contribution is -0.149. The fourth-order valence-electron chi connectivity index (χ4n) is 3.50. The minimum Gasteiger partial charge on any atom is -0.468 e. The molecular weight excluding hydrogens is 286 g/mol. The fourth-order valence-corrected chi connectivity index (χ4v) is 3.50. The maximum Gasteiger partial charge on any atom is 0.316 e. The van der Waals surface area contributed by atoms with Crippen molar-refractivity contribution in [2.24, 2.45) is 0 Å². The zero-order chi connectivity index (χ0) is 16.1. The van der Waals surface area contributed by atoms with Crippen LogP contribution in [0, 0.1) is 0 Å². The van der Waals surface area contributed by atoms with Crippen LogP contribution in [-0.4, -0.2) is 31.1 Å². The molecule has 23 heavy (non-hydrogen) atoms. The first-order valence-electron chi connectivity index (χ1n) is 8.15. The molecule has 0 aromatic heterocycles. The third kappa shape index (κ3) is 3.30. The number of nitrogens with zero attached hydrogens (tertiary/aromatic N) is 1. The van der Waals surface area contributed by atoms with Gasteiger partial charge in [0, 0.05) is 6.54 Å². The van der Waals surface area contributed by atoms with Crippen LogP contribution in [0.1, 0.15) is 24.0 Å². The van der Waals surface area contributed by atoms with Crippen molar-refractivity contribution in [3.63, 3.8) is 0 Å². The molecule has 0 radical (unpaired) electrons. The topological polar surface area (TPSA) is 29.5 Å². The van der Waals surface area contributed by atoms with Crippen molar-refractivity contribution in [2.45, 2.75) is 24.8 Å². The van der Waals surface area contributed by atoms with Crippen LogP contribution in [-0.2, 0) is 21.5 Å². The highest BCUT2D eigenvalue weighted by Gasteiger charge is 2.43. The highest BCUT2D eigenvalue weighted by Crippen LogP contribution is 2.37. The van der Waals surface area contributed by atoms with Crippen LogP contribution >= 0.6 is 0 Å². The molecule has 0 spiro atoms. The predicted molar refractivity (Wildman–Crippen MR) is 91.1 cm³/mol. The van der Waals surface area contributed by atoms with Gasteiger partial charge in [-0.05, 0) is 37.1 Å². The summed E-state index contributed by atoms with van der Waals surface area (Å²) in [6, 6.07) is 20.6. The average molecular weight is 309 g/mol. The van der Waals surface area contributed by atoms with Gasteiger partial charge in [0.1, 0.15) is 0 Å². The third-order valence-electron chi connectivity index (χ3n) is 4.86. The van der Waals surface area contributed by atoms with Gasteiger partial charge in [0.05, 0.1) is 12.5 Å². The Bertz CT molecular complexity index is 631. The van der Waals surface area contributed by atoms with Crippen LogP contribution in [0.25, 0.3) is 0 Å². The Labute approximate surface area is 137 Å². The Balaban J connectivity index is 1.74. The Hall–Kier alpha value is -2.13. The predicted octanol–water partition coefficient (Wildman–Crippen LogP) is 3.39. The van der Waals surface area contributed by atoms with E-state index in [-0.39, 0.29) is 5.97 Å². The number of hydrogen-bond acceptors (Lipinski definition) is 3. The van der Waals surface area contributed by atoms with Gasteiger partial charge < -0.3 is 4.74 Å². The molecule has 2 aromatic rings. The second kappa shape index (κ2) is 6.97. The number of esters is 1. The summed E-state index contributed by atoms with van der Waals surface area (Å²) in [4.78, 5) is 14.9. The van der Waals surface area contributed by atoms with Gasteiger partial charge in [0.25, 0.3) is 0 Å². The van der Waals surface area contributed by atoms with Gasteiger partial charge in [-0.2, -0.15) is 0 Å². The molecule has 2 aromatic carbocycles. The molecule has 3 nitrogen and oxygen atoms in total. The van der Waals surface area contributed by atoms with E-state index >= 15 is 0 Å². The van der Waals surface area contributed by atoms with Gasteiger partial charge in [-0.15, -0.1) is 0 Å². The SMILES string of the molecule is COC(=O)C1(c2ccccc2)CCN(Cc2ccccc2)CC1. The van der Waals surface area contributed by atoms with E-state index in [0.29, 0.717) is 0 Å². The first kappa shape index (κ1) is 15.8. The van der Waals surface area contributed by atoms with Gasteiger partial charge in [-0.3, -0.25) is 9.69 Å². The lowest BCUT2D eigenvalue weighted by Crippen LogP contribution is -2.47. The Morgan fingerprint density at radius 3 is 2.13 bits per heavy atom. The molecule has 3 rings (SSSR count). The van der Waals surface area contributed by atoms with Crippen LogP contribution < -0.4 is 0 Å². The Morgan fingerprint density at radius 2 is 1.57 bits per heavy atom. The van der Waals surface area contributed by atoms with Crippen LogP contribution in [0.15, 0.2) is 60.7 Å². The molecule has 1 saturated heterocycles. The van der Waals surface area contributed by atoms with Crippen molar-refractivity contribution in [2.75, 3.05) is 20.2 Å². The molecule has 0 aliphatic carbocycles. The Morgan fingerprint density at radius 1 is 1.00 bits per heavy atom. The number of carbonyl (C=O) groups excluding carboxylic acids is 1. The number of carbonyl (C=O) groups is 1. The van der Waals surface area contributed by atoms with Crippen molar-refractivity contribution in [3.8, 4) is 0 Å². The van der Waals surface area contributed by atoms with E-state index in [4.69, 9.17) is 4.74 Å². The van der Waals surface area contributed by atoms with Crippen LogP contribution in [0.5, 0.6) is 0 Å².